The van der Waals surface area contributed by atoms with Gasteiger partial charge in [0.05, 0.1) is 30.4 Å². The minimum Gasteiger partial charge on any atom is -0.487 e. The molecule has 1 aliphatic rings. The van der Waals surface area contributed by atoms with Crippen LogP contribution in [0.1, 0.15) is 15.9 Å². The van der Waals surface area contributed by atoms with Crippen LogP contribution in [0.4, 0.5) is 5.69 Å². The van der Waals surface area contributed by atoms with E-state index in [1.165, 1.54) is 23.8 Å². The van der Waals surface area contributed by atoms with Crippen LogP contribution in [0.2, 0.25) is 0 Å². The van der Waals surface area contributed by atoms with Gasteiger partial charge < -0.3 is 9.47 Å². The van der Waals surface area contributed by atoms with Crippen LogP contribution >= 0.6 is 56.9 Å². The number of amidine groups is 1. The summed E-state index contributed by atoms with van der Waals surface area (Å²) in [7, 11) is 3.03. The van der Waals surface area contributed by atoms with Crippen molar-refractivity contribution in [2.45, 2.75) is 0 Å². The molecule has 0 bridgehead atoms. The van der Waals surface area contributed by atoms with Crippen molar-refractivity contribution < 1.29 is 19.1 Å². The Bertz CT molecular complexity index is 1070. The molecule has 6 nitrogen and oxygen atoms in total. The fraction of sp³-hybridized carbons (Fsp3) is 0.136. The third-order valence-electron chi connectivity index (χ3n) is 4.18. The number of halogens is 2. The van der Waals surface area contributed by atoms with Crippen molar-refractivity contribution in [2.75, 3.05) is 20.8 Å². The van der Waals surface area contributed by atoms with E-state index in [0.29, 0.717) is 27.9 Å². The summed E-state index contributed by atoms with van der Waals surface area (Å²) in [5, 5.41) is 0.567. The van der Waals surface area contributed by atoms with Crippen molar-refractivity contribution in [1.29, 1.82) is 0 Å². The highest BCUT2D eigenvalue weighted by Gasteiger charge is 2.30. The average Bonchev–Trinajstić information content (AvgIpc) is 3.01. The number of benzene rings is 2. The first kappa shape index (κ1) is 23.8. The van der Waals surface area contributed by atoms with Crippen molar-refractivity contribution in [3.05, 3.63) is 72.2 Å². The molecule has 1 fully saturated rings. The number of methoxy groups -OCH3 is 1. The van der Waals surface area contributed by atoms with Gasteiger partial charge in [-0.25, -0.2) is 9.79 Å². The van der Waals surface area contributed by atoms with Gasteiger partial charge in [-0.3, -0.25) is 9.69 Å². The smallest absolute Gasteiger partial charge is 0.337 e. The number of hydrogen-bond donors (Lipinski definition) is 0. The predicted molar refractivity (Wildman–Crippen MR) is 141 cm³/mol. The van der Waals surface area contributed by atoms with Crippen molar-refractivity contribution in [3.8, 4) is 5.75 Å². The lowest BCUT2D eigenvalue weighted by Gasteiger charge is -2.10. The van der Waals surface area contributed by atoms with E-state index >= 15 is 0 Å². The molecule has 0 aliphatic carbocycles. The highest BCUT2D eigenvalue weighted by molar-refractivity contribution is 14.1. The van der Waals surface area contributed by atoms with E-state index in [2.05, 4.69) is 56.8 Å². The Morgan fingerprint density at radius 3 is 2.45 bits per heavy atom. The first-order valence-corrected chi connectivity index (χ1v) is 12.0. The number of nitrogens with zero attached hydrogens (tertiary/aromatic N) is 2. The molecule has 0 spiro atoms. The van der Waals surface area contributed by atoms with E-state index < -0.39 is 5.97 Å². The molecule has 2 aromatic rings. The standard InChI is InChI=1S/C22H18I2N2O4S/c1-4-9-30-19-16(23)10-13(11-17(19)24)12-18-20(27)26(2)22(31-18)25-15-7-5-14(6-8-15)21(28)29-3/h4-8,10-12H,1,9H2,2-3H3/b18-12-,25-22?. The van der Waals surface area contributed by atoms with Crippen LogP contribution in [0.5, 0.6) is 5.75 Å². The van der Waals surface area contributed by atoms with Gasteiger partial charge in [-0.15, -0.1) is 0 Å². The molecular weight excluding hydrogens is 642 g/mol. The van der Waals surface area contributed by atoms with Gasteiger partial charge in [0.25, 0.3) is 5.91 Å². The second-order valence-corrected chi connectivity index (χ2v) is 9.65. The number of amides is 1. The number of esters is 1. The van der Waals surface area contributed by atoms with Gasteiger partial charge in [0, 0.05) is 7.05 Å². The monoisotopic (exact) mass is 660 g/mol. The molecule has 0 aromatic heterocycles. The second-order valence-electron chi connectivity index (χ2n) is 6.32. The maximum atomic E-state index is 12.7. The topological polar surface area (TPSA) is 68.2 Å². The molecule has 31 heavy (non-hydrogen) atoms. The zero-order valence-electron chi connectivity index (χ0n) is 16.7. The summed E-state index contributed by atoms with van der Waals surface area (Å²) in [5.41, 5.74) is 2.00. The van der Waals surface area contributed by atoms with Crippen molar-refractivity contribution in [1.82, 2.24) is 4.90 Å². The van der Waals surface area contributed by atoms with E-state index in [0.717, 1.165) is 18.5 Å². The van der Waals surface area contributed by atoms with Crippen LogP contribution in [-0.4, -0.2) is 42.7 Å². The molecule has 0 N–H and O–H groups in total. The number of carbonyl (C=O) groups is 2. The molecule has 160 valence electrons. The van der Waals surface area contributed by atoms with E-state index in [4.69, 9.17) is 9.47 Å². The Hall–Kier alpha value is -1.86. The summed E-state index contributed by atoms with van der Waals surface area (Å²) < 4.78 is 12.3. The van der Waals surface area contributed by atoms with Crippen molar-refractivity contribution in [3.63, 3.8) is 0 Å². The third kappa shape index (κ3) is 5.69. The molecule has 1 aliphatic heterocycles. The number of rotatable bonds is 6. The molecule has 9 heteroatoms. The Morgan fingerprint density at radius 1 is 1.23 bits per heavy atom. The first-order valence-electron chi connectivity index (χ1n) is 9.01. The van der Waals surface area contributed by atoms with Crippen LogP contribution < -0.4 is 4.74 Å². The van der Waals surface area contributed by atoms with Gasteiger partial charge in [-0.2, -0.15) is 0 Å². The predicted octanol–water partition coefficient (Wildman–Crippen LogP) is 5.48. The van der Waals surface area contributed by atoms with Gasteiger partial charge in [0.1, 0.15) is 12.4 Å². The quantitative estimate of drug-likeness (QED) is 0.178. The number of carbonyl (C=O) groups excluding carboxylic acids is 2. The lowest BCUT2D eigenvalue weighted by Crippen LogP contribution is -2.23. The average molecular weight is 660 g/mol. The minimum atomic E-state index is -0.405. The summed E-state index contributed by atoms with van der Waals surface area (Å²) >= 11 is 5.76. The summed E-state index contributed by atoms with van der Waals surface area (Å²) in [6.45, 7) is 4.11. The van der Waals surface area contributed by atoms with Crippen LogP contribution in [0.3, 0.4) is 0 Å². The zero-order valence-corrected chi connectivity index (χ0v) is 21.9. The van der Waals surface area contributed by atoms with Gasteiger partial charge in [0.2, 0.25) is 0 Å². The van der Waals surface area contributed by atoms with Gasteiger partial charge in [-0.05, 0) is 105 Å². The van der Waals surface area contributed by atoms with Crippen LogP contribution in [0.15, 0.2) is 59.0 Å². The highest BCUT2D eigenvalue weighted by atomic mass is 127. The maximum absolute atomic E-state index is 12.7. The molecule has 0 saturated carbocycles. The summed E-state index contributed by atoms with van der Waals surface area (Å²) in [6, 6.07) is 10.7. The molecule has 0 atom stereocenters. The van der Waals surface area contributed by atoms with E-state index in [-0.39, 0.29) is 5.91 Å². The fourth-order valence-electron chi connectivity index (χ4n) is 2.65. The van der Waals surface area contributed by atoms with Crippen LogP contribution in [0.25, 0.3) is 6.08 Å². The number of thioether (sulfide) groups is 1. The normalized spacial score (nSPS) is 16.1. The molecule has 3 rings (SSSR count). The first-order chi connectivity index (χ1) is 14.8. The van der Waals surface area contributed by atoms with Crippen LogP contribution in [0, 0.1) is 7.14 Å². The maximum Gasteiger partial charge on any atom is 0.337 e. The number of aliphatic imine (C=N–C) groups is 1. The lowest BCUT2D eigenvalue weighted by molar-refractivity contribution is -0.121. The van der Waals surface area contributed by atoms with Crippen molar-refractivity contribution >= 4 is 85.8 Å². The fourth-order valence-corrected chi connectivity index (χ4v) is 5.76. The number of likely N-dealkylation sites (N-methyl/N-ethyl adjacent to an activating group) is 1. The highest BCUT2D eigenvalue weighted by Crippen LogP contribution is 2.35. The zero-order chi connectivity index (χ0) is 22.5. The Kier molecular flexibility index (Phi) is 8.17. The lowest BCUT2D eigenvalue weighted by atomic mass is 10.2. The molecule has 1 heterocycles. The second kappa shape index (κ2) is 10.6. The molecule has 1 saturated heterocycles. The summed E-state index contributed by atoms with van der Waals surface area (Å²) in [6.07, 6.45) is 3.56. The Balaban J connectivity index is 1.84. The van der Waals surface area contributed by atoms with E-state index in [1.54, 1.807) is 37.4 Å². The number of ether oxygens (including phenoxy) is 2. The van der Waals surface area contributed by atoms with Gasteiger partial charge in [-0.1, -0.05) is 12.7 Å². The summed E-state index contributed by atoms with van der Waals surface area (Å²) in [4.78, 5) is 30.9. The van der Waals surface area contributed by atoms with E-state index in [1.807, 2.05) is 18.2 Å². The van der Waals surface area contributed by atoms with Crippen molar-refractivity contribution in [2.24, 2.45) is 4.99 Å². The minimum absolute atomic E-state index is 0.119. The third-order valence-corrected chi connectivity index (χ3v) is 6.84. The van der Waals surface area contributed by atoms with Gasteiger partial charge in [0.15, 0.2) is 5.17 Å². The molecule has 1 amide bonds. The SMILES string of the molecule is C=CCOc1c(I)cc(/C=C2\SC(=Nc3ccc(C(=O)OC)cc3)N(C)C2=O)cc1I. The molecule has 0 radical (unpaired) electrons. The number of hydrogen-bond acceptors (Lipinski definition) is 6. The largest absolute Gasteiger partial charge is 0.487 e. The molecular formula is C22H18I2N2O4S. The Labute approximate surface area is 212 Å². The van der Waals surface area contributed by atoms with Crippen LogP contribution in [-0.2, 0) is 9.53 Å². The van der Waals surface area contributed by atoms with Gasteiger partial charge >= 0.3 is 5.97 Å². The summed E-state index contributed by atoms with van der Waals surface area (Å²) in [5.74, 6) is 0.285. The Morgan fingerprint density at radius 2 is 1.87 bits per heavy atom. The van der Waals surface area contributed by atoms with E-state index in [9.17, 15) is 9.59 Å². The molecule has 2 aromatic carbocycles. The molecule has 0 unspecified atom stereocenters.